The van der Waals surface area contributed by atoms with Gasteiger partial charge in [-0.05, 0) is 68.7 Å². The van der Waals surface area contributed by atoms with E-state index >= 15 is 0 Å². The third-order valence-electron chi connectivity index (χ3n) is 6.64. The predicted molar refractivity (Wildman–Crippen MR) is 150 cm³/mol. The number of hydrogen-bond acceptors (Lipinski definition) is 4. The van der Waals surface area contributed by atoms with Gasteiger partial charge >= 0.3 is 6.18 Å². The van der Waals surface area contributed by atoms with E-state index in [1.54, 1.807) is 18.0 Å². The van der Waals surface area contributed by atoms with Gasteiger partial charge in [0.1, 0.15) is 0 Å². The number of aliphatic imine (C=N–C) groups is 1. The van der Waals surface area contributed by atoms with Crippen molar-refractivity contribution in [1.82, 2.24) is 20.4 Å². The number of carbonyl (C=O) groups excluding carboxylic acids is 1. The molecule has 4 rings (SSSR count). The molecular formula is C28H27ClF3N5OS. The summed E-state index contributed by atoms with van der Waals surface area (Å²) in [5.74, 6) is -0.275. The van der Waals surface area contributed by atoms with Gasteiger partial charge in [0.2, 0.25) is 6.17 Å². The number of likely N-dealkylation sites (N-methyl/N-ethyl adjacent to an activating group) is 2. The SMILES string of the molecule is CN(C)C(CNC(=S)NC1N=C(C2=C=C=CC=C2)C2=CC(Cl)=CCC2N(C)C1=O)c1ccc(C(F)(F)F)cc1. The molecule has 204 valence electrons. The first kappa shape index (κ1) is 28.6. The number of thiocarbonyl (C=S) groups is 1. The summed E-state index contributed by atoms with van der Waals surface area (Å²) in [7, 11) is 5.36. The molecule has 39 heavy (non-hydrogen) atoms. The summed E-state index contributed by atoms with van der Waals surface area (Å²) in [6.07, 6.45) is 4.17. The molecule has 1 aliphatic heterocycles. The standard InChI is InChI=1S/C28H27ClF3N5OS/c1-36(2)23(17-9-11-19(12-10-17)28(30,31)32)16-33-27(39)35-25-26(38)37(3)22-14-13-20(29)15-21(22)24(34-25)18-7-5-4-6-8-18/h4-5,7,9-13,15,22-23,25H,14,16H2,1-3H3,(H2,33,35,39). The zero-order valence-electron chi connectivity index (χ0n) is 21.5. The van der Waals surface area contributed by atoms with Crippen molar-refractivity contribution in [3.63, 3.8) is 0 Å². The number of alkyl halides is 3. The fourth-order valence-corrected chi connectivity index (χ4v) is 4.92. The zero-order valence-corrected chi connectivity index (χ0v) is 23.1. The Kier molecular flexibility index (Phi) is 8.64. The lowest BCUT2D eigenvalue weighted by Crippen LogP contribution is -2.51. The Morgan fingerprint density at radius 2 is 2.03 bits per heavy atom. The number of fused-ring (bicyclic) bond motifs is 1. The van der Waals surface area contributed by atoms with Gasteiger partial charge < -0.3 is 20.4 Å². The van der Waals surface area contributed by atoms with Crippen LogP contribution in [-0.2, 0) is 11.0 Å². The van der Waals surface area contributed by atoms with Crippen LogP contribution in [0.2, 0.25) is 0 Å². The topological polar surface area (TPSA) is 60.0 Å². The summed E-state index contributed by atoms with van der Waals surface area (Å²) in [5, 5.41) is 6.85. The van der Waals surface area contributed by atoms with Crippen LogP contribution in [0.5, 0.6) is 0 Å². The van der Waals surface area contributed by atoms with Gasteiger partial charge in [0.25, 0.3) is 5.91 Å². The number of amides is 1. The minimum absolute atomic E-state index is 0.183. The fraction of sp³-hybridized carbons (Fsp3) is 0.321. The molecule has 1 heterocycles. The van der Waals surface area contributed by atoms with E-state index in [1.807, 2.05) is 43.3 Å². The predicted octanol–water partition coefficient (Wildman–Crippen LogP) is 4.64. The van der Waals surface area contributed by atoms with Crippen LogP contribution in [0, 0.1) is 0 Å². The van der Waals surface area contributed by atoms with E-state index in [0.29, 0.717) is 28.3 Å². The van der Waals surface area contributed by atoms with E-state index in [9.17, 15) is 18.0 Å². The zero-order chi connectivity index (χ0) is 28.3. The Morgan fingerprint density at radius 1 is 1.31 bits per heavy atom. The number of benzene rings is 1. The van der Waals surface area contributed by atoms with Crippen LogP contribution >= 0.6 is 23.8 Å². The van der Waals surface area contributed by atoms with Crippen LogP contribution in [0.25, 0.3) is 0 Å². The molecule has 1 amide bonds. The van der Waals surface area contributed by atoms with Gasteiger partial charge in [0.05, 0.1) is 28.9 Å². The normalized spacial score (nSPS) is 21.4. The quantitative estimate of drug-likeness (QED) is 0.384. The number of carbonyl (C=O) groups is 1. The van der Waals surface area contributed by atoms with E-state index in [-0.39, 0.29) is 29.6 Å². The summed E-state index contributed by atoms with van der Waals surface area (Å²) in [6, 6.07) is 4.48. The van der Waals surface area contributed by atoms with E-state index in [2.05, 4.69) is 22.1 Å². The van der Waals surface area contributed by atoms with Crippen LogP contribution in [0.1, 0.15) is 23.6 Å². The number of nitrogens with one attached hydrogen (secondary N) is 2. The van der Waals surface area contributed by atoms with Gasteiger partial charge in [-0.15, -0.1) is 0 Å². The third kappa shape index (κ3) is 6.61. The highest BCUT2D eigenvalue weighted by molar-refractivity contribution is 7.80. The van der Waals surface area contributed by atoms with Crippen molar-refractivity contribution in [2.75, 3.05) is 27.7 Å². The molecule has 3 atom stereocenters. The van der Waals surface area contributed by atoms with E-state index in [1.165, 1.54) is 12.1 Å². The maximum Gasteiger partial charge on any atom is 0.416 e. The lowest BCUT2D eigenvalue weighted by molar-refractivity contribution is -0.137. The van der Waals surface area contributed by atoms with E-state index in [4.69, 9.17) is 28.8 Å². The molecule has 0 saturated heterocycles. The number of rotatable bonds is 6. The molecule has 0 aromatic heterocycles. The molecule has 2 N–H and O–H groups in total. The highest BCUT2D eigenvalue weighted by atomic mass is 35.5. The molecular weight excluding hydrogens is 547 g/mol. The summed E-state index contributed by atoms with van der Waals surface area (Å²) in [5.41, 5.74) is 8.00. The second kappa shape index (κ2) is 11.8. The largest absolute Gasteiger partial charge is 0.416 e. The first-order valence-electron chi connectivity index (χ1n) is 12.1. The van der Waals surface area contributed by atoms with Gasteiger partial charge in [-0.1, -0.05) is 47.3 Å². The summed E-state index contributed by atoms with van der Waals surface area (Å²) in [6.45, 7) is 0.284. The van der Waals surface area contributed by atoms with Crippen molar-refractivity contribution in [3.05, 3.63) is 93.4 Å². The Labute approximate surface area is 235 Å². The van der Waals surface area contributed by atoms with Crippen molar-refractivity contribution in [3.8, 4) is 0 Å². The highest BCUT2D eigenvalue weighted by Crippen LogP contribution is 2.32. The minimum atomic E-state index is -4.40. The molecule has 0 fully saturated rings. The number of hydrogen-bond donors (Lipinski definition) is 2. The lowest BCUT2D eigenvalue weighted by Gasteiger charge is -2.30. The Bertz CT molecular complexity index is 1380. The second-order valence-electron chi connectivity index (χ2n) is 9.43. The number of nitrogens with zero attached hydrogens (tertiary/aromatic N) is 3. The van der Waals surface area contributed by atoms with Crippen LogP contribution in [0.15, 0.2) is 87.3 Å². The van der Waals surface area contributed by atoms with Crippen LogP contribution in [-0.4, -0.2) is 66.4 Å². The Hall–Kier alpha value is -3.39. The Balaban J connectivity index is 1.55. The van der Waals surface area contributed by atoms with E-state index in [0.717, 1.165) is 17.7 Å². The molecule has 3 unspecified atom stereocenters. The molecule has 1 aromatic rings. The van der Waals surface area contributed by atoms with Crippen molar-refractivity contribution >= 4 is 40.6 Å². The number of allylic oxidation sites excluding steroid dienone is 6. The molecule has 6 nitrogen and oxygen atoms in total. The highest BCUT2D eigenvalue weighted by Gasteiger charge is 2.37. The molecule has 2 aliphatic carbocycles. The maximum atomic E-state index is 13.4. The van der Waals surface area contributed by atoms with Crippen molar-refractivity contribution in [2.24, 2.45) is 4.99 Å². The van der Waals surface area contributed by atoms with Gasteiger partial charge in [0, 0.05) is 24.2 Å². The summed E-state index contributed by atoms with van der Waals surface area (Å²) >= 11 is 11.8. The van der Waals surface area contributed by atoms with E-state index < -0.39 is 17.9 Å². The molecule has 0 bridgehead atoms. The maximum absolute atomic E-state index is 13.4. The second-order valence-corrected chi connectivity index (χ2v) is 10.3. The average Bonchev–Trinajstić information content (AvgIpc) is 2.99. The smallest absolute Gasteiger partial charge is 0.361 e. The Morgan fingerprint density at radius 3 is 2.64 bits per heavy atom. The molecule has 0 radical (unpaired) electrons. The third-order valence-corrected chi connectivity index (χ3v) is 7.17. The van der Waals surface area contributed by atoms with Gasteiger partial charge in [0.15, 0.2) is 5.11 Å². The fourth-order valence-electron chi connectivity index (χ4n) is 4.52. The molecule has 0 saturated carbocycles. The van der Waals surface area contributed by atoms with Crippen LogP contribution < -0.4 is 10.6 Å². The molecule has 11 heteroatoms. The van der Waals surface area contributed by atoms with Gasteiger partial charge in [-0.25, -0.2) is 4.99 Å². The summed E-state index contributed by atoms with van der Waals surface area (Å²) in [4.78, 5) is 21.7. The van der Waals surface area contributed by atoms with Crippen LogP contribution in [0.3, 0.4) is 0 Å². The number of halogens is 4. The van der Waals surface area contributed by atoms with Crippen molar-refractivity contribution in [2.45, 2.75) is 30.8 Å². The average molecular weight is 574 g/mol. The van der Waals surface area contributed by atoms with Gasteiger partial charge in [-0.2, -0.15) is 13.2 Å². The summed E-state index contributed by atoms with van der Waals surface area (Å²) < 4.78 is 39.0. The van der Waals surface area contributed by atoms with Crippen molar-refractivity contribution < 1.29 is 18.0 Å². The molecule has 1 aromatic carbocycles. The molecule has 0 spiro atoms. The van der Waals surface area contributed by atoms with Crippen molar-refractivity contribution in [1.29, 1.82) is 0 Å². The first-order valence-corrected chi connectivity index (χ1v) is 12.9. The first-order chi connectivity index (χ1) is 18.5. The van der Waals surface area contributed by atoms with Gasteiger partial charge in [-0.3, -0.25) is 4.79 Å². The minimum Gasteiger partial charge on any atom is -0.361 e. The molecule has 3 aliphatic rings. The monoisotopic (exact) mass is 573 g/mol. The lowest BCUT2D eigenvalue weighted by atomic mass is 9.90. The van der Waals surface area contributed by atoms with Crippen LogP contribution in [0.4, 0.5) is 13.2 Å².